The first-order valence-electron chi connectivity index (χ1n) is 8.32. The number of halogens is 2. The van der Waals surface area contributed by atoms with Crippen molar-refractivity contribution in [3.63, 3.8) is 0 Å². The summed E-state index contributed by atoms with van der Waals surface area (Å²) >= 11 is 16.5. The molecule has 27 heavy (non-hydrogen) atoms. The van der Waals surface area contributed by atoms with Gasteiger partial charge < -0.3 is 15.4 Å². The Morgan fingerprint density at radius 3 is 2.41 bits per heavy atom. The van der Waals surface area contributed by atoms with Gasteiger partial charge in [-0.1, -0.05) is 47.5 Å². The van der Waals surface area contributed by atoms with Crippen LogP contribution in [-0.4, -0.2) is 30.3 Å². The first kappa shape index (κ1) is 21.4. The average molecular weight is 427 g/mol. The number of amides is 1. The predicted octanol–water partition coefficient (Wildman–Crippen LogP) is 4.26. The van der Waals surface area contributed by atoms with Crippen molar-refractivity contribution >= 4 is 59.1 Å². The minimum atomic E-state index is -0.793. The van der Waals surface area contributed by atoms with Gasteiger partial charge in [0.15, 0.2) is 0 Å². The number of anilines is 2. The molecule has 0 aromatic heterocycles. The zero-order chi connectivity index (χ0) is 19.8. The second kappa shape index (κ2) is 10.4. The molecule has 0 fully saturated rings. The first-order chi connectivity index (χ1) is 13.0. The summed E-state index contributed by atoms with van der Waals surface area (Å²) in [6.45, 7) is 1.95. The van der Waals surface area contributed by atoms with Crippen molar-refractivity contribution in [2.45, 2.75) is 19.4 Å². The molecule has 0 heterocycles. The highest BCUT2D eigenvalue weighted by atomic mass is 35.5. The van der Waals surface area contributed by atoms with Gasteiger partial charge in [-0.3, -0.25) is 4.79 Å². The number of para-hydroxylation sites is 2. The molecule has 2 rings (SSSR count). The van der Waals surface area contributed by atoms with E-state index in [2.05, 4.69) is 23.3 Å². The molecule has 2 aromatic rings. The van der Waals surface area contributed by atoms with Crippen molar-refractivity contribution < 1.29 is 14.3 Å². The minimum Gasteiger partial charge on any atom is -0.464 e. The van der Waals surface area contributed by atoms with Gasteiger partial charge in [-0.25, -0.2) is 4.79 Å². The molecule has 8 heteroatoms. The molecule has 2 aromatic carbocycles. The summed E-state index contributed by atoms with van der Waals surface area (Å²) < 4.78 is 4.93. The van der Waals surface area contributed by atoms with Crippen LogP contribution in [0.1, 0.15) is 12.5 Å². The van der Waals surface area contributed by atoms with Crippen molar-refractivity contribution in [3.05, 3.63) is 58.1 Å². The maximum absolute atomic E-state index is 12.4. The zero-order valence-electron chi connectivity index (χ0n) is 14.7. The fourth-order valence-corrected chi connectivity index (χ4v) is 3.12. The van der Waals surface area contributed by atoms with E-state index in [4.69, 9.17) is 27.9 Å². The van der Waals surface area contributed by atoms with Crippen LogP contribution < -0.4 is 10.6 Å². The minimum absolute atomic E-state index is 0.0644. The number of carbonyl (C=O) groups excluding carboxylic acids is 2. The third kappa shape index (κ3) is 6.06. The average Bonchev–Trinajstić information content (AvgIpc) is 2.64. The molecule has 0 radical (unpaired) electrons. The maximum atomic E-state index is 12.4. The van der Waals surface area contributed by atoms with E-state index < -0.39 is 12.0 Å². The Bertz CT molecular complexity index is 797. The van der Waals surface area contributed by atoms with E-state index in [1.807, 2.05) is 24.3 Å². The number of nitrogens with one attached hydrogen (secondary N) is 2. The zero-order valence-corrected chi connectivity index (χ0v) is 17.1. The number of carbonyl (C=O) groups is 2. The maximum Gasteiger partial charge on any atom is 0.329 e. The number of hydrogen-bond acceptors (Lipinski definition) is 5. The van der Waals surface area contributed by atoms with Crippen molar-refractivity contribution in [1.29, 1.82) is 0 Å². The number of esters is 1. The van der Waals surface area contributed by atoms with E-state index >= 15 is 0 Å². The van der Waals surface area contributed by atoms with E-state index in [1.165, 1.54) is 0 Å². The van der Waals surface area contributed by atoms with Crippen molar-refractivity contribution in [2.75, 3.05) is 17.7 Å². The molecule has 144 valence electrons. The van der Waals surface area contributed by atoms with Gasteiger partial charge in [0, 0.05) is 11.4 Å². The molecule has 1 amide bonds. The molecule has 2 N–H and O–H groups in total. The fraction of sp³-hybridized carbons (Fsp3) is 0.263. The highest BCUT2D eigenvalue weighted by Crippen LogP contribution is 2.33. The molecule has 0 aliphatic carbocycles. The fourth-order valence-electron chi connectivity index (χ4n) is 2.39. The summed E-state index contributed by atoms with van der Waals surface area (Å²) in [5, 5.41) is 6.76. The van der Waals surface area contributed by atoms with E-state index in [-0.39, 0.29) is 24.7 Å². The van der Waals surface area contributed by atoms with Crippen molar-refractivity contribution in [3.8, 4) is 0 Å². The normalized spacial score (nSPS) is 11.6. The van der Waals surface area contributed by atoms with Crippen LogP contribution in [0.4, 0.5) is 11.4 Å². The van der Waals surface area contributed by atoms with E-state index in [0.29, 0.717) is 21.4 Å². The molecule has 0 unspecified atom stereocenters. The molecular weight excluding hydrogens is 407 g/mol. The summed E-state index contributed by atoms with van der Waals surface area (Å²) in [7, 11) is 0. The molecule has 0 bridgehead atoms. The van der Waals surface area contributed by atoms with Crippen LogP contribution in [0.5, 0.6) is 0 Å². The number of ether oxygens (including phenoxy) is 1. The van der Waals surface area contributed by atoms with Gasteiger partial charge in [0.25, 0.3) is 0 Å². The van der Waals surface area contributed by atoms with Gasteiger partial charge in [0.1, 0.15) is 6.04 Å². The van der Waals surface area contributed by atoms with Gasteiger partial charge in [-0.05, 0) is 30.7 Å². The van der Waals surface area contributed by atoms with Crippen LogP contribution >= 0.6 is 35.8 Å². The number of benzene rings is 2. The van der Waals surface area contributed by atoms with Gasteiger partial charge in [0.2, 0.25) is 5.91 Å². The molecular formula is C19H20Cl2N2O3S. The summed E-state index contributed by atoms with van der Waals surface area (Å²) in [6, 6.07) is 11.7. The number of thiol groups is 1. The molecule has 5 nitrogen and oxygen atoms in total. The number of hydrogen-bond donors (Lipinski definition) is 3. The Balaban J connectivity index is 2.13. The standard InChI is InChI=1S/C19H20Cl2N2O3S/c1-2-26-19(25)16(11-27)22-17(24)10-12-6-3-4-9-15(12)23-18-13(20)7-5-8-14(18)21/h3-9,16,23,27H,2,10-11H2,1H3,(H,22,24)/t16-/m0/s1. The van der Waals surface area contributed by atoms with Crippen LogP contribution in [-0.2, 0) is 20.7 Å². The Kier molecular flexibility index (Phi) is 8.28. The van der Waals surface area contributed by atoms with Crippen molar-refractivity contribution in [1.82, 2.24) is 5.32 Å². The van der Waals surface area contributed by atoms with Gasteiger partial charge in [0.05, 0.1) is 28.8 Å². The molecule has 0 saturated carbocycles. The Morgan fingerprint density at radius 2 is 1.78 bits per heavy atom. The van der Waals surface area contributed by atoms with Crippen LogP contribution in [0.2, 0.25) is 10.0 Å². The molecule has 0 saturated heterocycles. The van der Waals surface area contributed by atoms with Crippen molar-refractivity contribution in [2.24, 2.45) is 0 Å². The quantitative estimate of drug-likeness (QED) is 0.435. The SMILES string of the molecule is CCOC(=O)[C@H](CS)NC(=O)Cc1ccccc1Nc1c(Cl)cccc1Cl. The highest BCUT2D eigenvalue weighted by Gasteiger charge is 2.21. The molecule has 0 spiro atoms. The summed E-state index contributed by atoms with van der Waals surface area (Å²) in [6.07, 6.45) is 0.0644. The third-order valence-corrected chi connectivity index (χ3v) is 4.67. The lowest BCUT2D eigenvalue weighted by molar-refractivity contribution is -0.146. The van der Waals surface area contributed by atoms with Crippen LogP contribution in [0, 0.1) is 0 Å². The first-order valence-corrected chi connectivity index (χ1v) is 9.70. The lowest BCUT2D eigenvalue weighted by atomic mass is 10.1. The van der Waals surface area contributed by atoms with Crippen LogP contribution in [0.3, 0.4) is 0 Å². The Hall–Kier alpha value is -1.89. The van der Waals surface area contributed by atoms with Crippen LogP contribution in [0.25, 0.3) is 0 Å². The Morgan fingerprint density at radius 1 is 1.11 bits per heavy atom. The smallest absolute Gasteiger partial charge is 0.329 e. The molecule has 0 aliphatic rings. The topological polar surface area (TPSA) is 67.4 Å². The van der Waals surface area contributed by atoms with Crippen LogP contribution in [0.15, 0.2) is 42.5 Å². The van der Waals surface area contributed by atoms with E-state index in [9.17, 15) is 9.59 Å². The highest BCUT2D eigenvalue weighted by molar-refractivity contribution is 7.80. The largest absolute Gasteiger partial charge is 0.464 e. The lowest BCUT2D eigenvalue weighted by Crippen LogP contribution is -2.43. The van der Waals surface area contributed by atoms with Gasteiger partial charge in [-0.15, -0.1) is 0 Å². The Labute approximate surface area is 173 Å². The van der Waals surface area contributed by atoms with Gasteiger partial charge >= 0.3 is 5.97 Å². The second-order valence-corrected chi connectivity index (χ2v) is 6.79. The summed E-state index contributed by atoms with van der Waals surface area (Å²) in [5.74, 6) is -0.670. The number of rotatable bonds is 8. The van der Waals surface area contributed by atoms with Gasteiger partial charge in [-0.2, -0.15) is 12.6 Å². The summed E-state index contributed by atoms with van der Waals surface area (Å²) in [5.41, 5.74) is 1.99. The second-order valence-electron chi connectivity index (χ2n) is 5.61. The third-order valence-electron chi connectivity index (χ3n) is 3.68. The molecule has 0 aliphatic heterocycles. The lowest BCUT2D eigenvalue weighted by Gasteiger charge is -2.17. The molecule has 1 atom stereocenters. The van der Waals surface area contributed by atoms with E-state index in [0.717, 1.165) is 5.56 Å². The monoisotopic (exact) mass is 426 g/mol. The summed E-state index contributed by atoms with van der Waals surface area (Å²) in [4.78, 5) is 24.2. The van der Waals surface area contributed by atoms with E-state index in [1.54, 1.807) is 25.1 Å². The predicted molar refractivity (Wildman–Crippen MR) is 112 cm³/mol.